The quantitative estimate of drug-likeness (QED) is 0.921. The van der Waals surface area contributed by atoms with E-state index < -0.39 is 0 Å². The number of aryl methyl sites for hydroxylation is 1. The summed E-state index contributed by atoms with van der Waals surface area (Å²) >= 11 is 6.22. The normalized spacial score (nSPS) is 19.4. The number of rotatable bonds is 4. The van der Waals surface area contributed by atoms with Crippen LogP contribution >= 0.6 is 11.6 Å². The van der Waals surface area contributed by atoms with Crippen molar-refractivity contribution in [3.63, 3.8) is 0 Å². The molecule has 1 aliphatic rings. The van der Waals surface area contributed by atoms with Crippen molar-refractivity contribution in [3.8, 4) is 0 Å². The van der Waals surface area contributed by atoms with Gasteiger partial charge in [-0.05, 0) is 33.2 Å². The molecule has 1 saturated heterocycles. The summed E-state index contributed by atoms with van der Waals surface area (Å²) in [5, 5.41) is 7.88. The predicted octanol–water partition coefficient (Wildman–Crippen LogP) is 1.79. The largest absolute Gasteiger partial charge is 0.365 e. The second kappa shape index (κ2) is 6.59. The number of aromatic nitrogens is 2. The van der Waals surface area contributed by atoms with Crippen LogP contribution in [0.5, 0.6) is 0 Å². The van der Waals surface area contributed by atoms with Crippen LogP contribution in [0.4, 0.5) is 5.69 Å². The third-order valence-corrected chi connectivity index (χ3v) is 4.18. The first-order valence-electron chi connectivity index (χ1n) is 7.22. The zero-order chi connectivity index (χ0) is 14.7. The monoisotopic (exact) mass is 298 g/mol. The van der Waals surface area contributed by atoms with Gasteiger partial charge in [-0.25, -0.2) is 4.68 Å². The van der Waals surface area contributed by atoms with Gasteiger partial charge in [-0.1, -0.05) is 18.0 Å². The van der Waals surface area contributed by atoms with Crippen LogP contribution in [0.1, 0.15) is 33.1 Å². The zero-order valence-corrected chi connectivity index (χ0v) is 13.2. The molecule has 0 spiro atoms. The summed E-state index contributed by atoms with van der Waals surface area (Å²) in [5.74, 6) is 0. The number of halogens is 1. The van der Waals surface area contributed by atoms with Crippen molar-refractivity contribution < 1.29 is 0 Å². The van der Waals surface area contributed by atoms with Gasteiger partial charge in [0.1, 0.15) is 5.02 Å². The predicted molar refractivity (Wildman–Crippen MR) is 82.6 cm³/mol. The van der Waals surface area contributed by atoms with Gasteiger partial charge in [0.25, 0.3) is 5.56 Å². The fourth-order valence-corrected chi connectivity index (χ4v) is 2.89. The van der Waals surface area contributed by atoms with Gasteiger partial charge in [-0.3, -0.25) is 4.79 Å². The van der Waals surface area contributed by atoms with Crippen molar-refractivity contribution in [2.45, 2.75) is 45.2 Å². The summed E-state index contributed by atoms with van der Waals surface area (Å²) < 4.78 is 1.27. The van der Waals surface area contributed by atoms with E-state index in [0.717, 1.165) is 18.8 Å². The molecule has 1 atom stereocenters. The lowest BCUT2D eigenvalue weighted by Crippen LogP contribution is -2.46. The van der Waals surface area contributed by atoms with Crippen molar-refractivity contribution in [1.82, 2.24) is 15.1 Å². The fourth-order valence-electron chi connectivity index (χ4n) is 2.61. The number of hydrogen-bond acceptors (Lipinski definition) is 4. The topological polar surface area (TPSA) is 50.2 Å². The van der Waals surface area contributed by atoms with Crippen molar-refractivity contribution in [1.29, 1.82) is 0 Å². The Morgan fingerprint density at radius 2 is 2.30 bits per heavy atom. The molecule has 1 aromatic heterocycles. The van der Waals surface area contributed by atoms with Gasteiger partial charge in [0.2, 0.25) is 0 Å². The Bertz CT molecular complexity index is 508. The summed E-state index contributed by atoms with van der Waals surface area (Å²) in [6, 6.07) is 0.719. The van der Waals surface area contributed by atoms with E-state index >= 15 is 0 Å². The summed E-state index contributed by atoms with van der Waals surface area (Å²) in [7, 11) is 1.61. The maximum atomic E-state index is 11.9. The molecule has 1 fully saturated rings. The smallest absolute Gasteiger partial charge is 0.287 e. The molecule has 0 bridgehead atoms. The third kappa shape index (κ3) is 3.33. The molecule has 1 aliphatic heterocycles. The average Bonchev–Trinajstić information content (AvgIpc) is 2.44. The summed E-state index contributed by atoms with van der Waals surface area (Å²) in [5.41, 5.74) is 0.489. The molecule has 112 valence electrons. The Kier molecular flexibility index (Phi) is 5.05. The van der Waals surface area contributed by atoms with E-state index in [1.807, 2.05) is 0 Å². The number of piperidine rings is 1. The molecule has 0 radical (unpaired) electrons. The molecule has 2 heterocycles. The lowest BCUT2D eigenvalue weighted by atomic mass is 10.0. The lowest BCUT2D eigenvalue weighted by molar-refractivity contribution is 0.393. The second-order valence-corrected chi connectivity index (χ2v) is 6.04. The highest BCUT2D eigenvalue weighted by molar-refractivity contribution is 6.33. The fraction of sp³-hybridized carbons (Fsp3) is 0.714. The van der Waals surface area contributed by atoms with Crippen LogP contribution in [0.2, 0.25) is 5.02 Å². The highest BCUT2D eigenvalue weighted by atomic mass is 35.5. The standard InChI is InChI=1S/C14H23ClN4O/c1-10(2)19(9-11-6-4-5-7-16-11)12-8-17-18(3)14(20)13(12)15/h8,10-11,16H,4-7,9H2,1-3H3. The van der Waals surface area contributed by atoms with Gasteiger partial charge in [0.15, 0.2) is 0 Å². The van der Waals surface area contributed by atoms with Crippen molar-refractivity contribution >= 4 is 17.3 Å². The van der Waals surface area contributed by atoms with E-state index in [-0.39, 0.29) is 16.6 Å². The first-order chi connectivity index (χ1) is 9.50. The van der Waals surface area contributed by atoms with Crippen LogP contribution in [-0.2, 0) is 7.05 Å². The maximum absolute atomic E-state index is 11.9. The van der Waals surface area contributed by atoms with E-state index in [4.69, 9.17) is 11.6 Å². The van der Waals surface area contributed by atoms with Crippen LogP contribution in [0.25, 0.3) is 0 Å². The average molecular weight is 299 g/mol. The lowest BCUT2D eigenvalue weighted by Gasteiger charge is -2.35. The highest BCUT2D eigenvalue weighted by Gasteiger charge is 2.22. The van der Waals surface area contributed by atoms with Gasteiger partial charge < -0.3 is 10.2 Å². The highest BCUT2D eigenvalue weighted by Crippen LogP contribution is 2.24. The van der Waals surface area contributed by atoms with E-state index in [9.17, 15) is 4.79 Å². The summed E-state index contributed by atoms with van der Waals surface area (Å²) in [6.45, 7) is 6.14. The molecule has 6 heteroatoms. The summed E-state index contributed by atoms with van der Waals surface area (Å²) in [6.07, 6.45) is 5.35. The Balaban J connectivity index is 2.24. The molecule has 1 aromatic rings. The van der Waals surface area contributed by atoms with E-state index in [0.29, 0.717) is 6.04 Å². The molecule has 0 aliphatic carbocycles. The first kappa shape index (κ1) is 15.3. The van der Waals surface area contributed by atoms with E-state index in [1.165, 1.54) is 23.9 Å². The second-order valence-electron chi connectivity index (χ2n) is 5.67. The van der Waals surface area contributed by atoms with Crippen LogP contribution in [0.3, 0.4) is 0 Å². The number of nitrogens with zero attached hydrogens (tertiary/aromatic N) is 3. The molecule has 2 rings (SSSR count). The molecular weight excluding hydrogens is 276 g/mol. The van der Waals surface area contributed by atoms with Crippen molar-refractivity contribution in [2.75, 3.05) is 18.0 Å². The van der Waals surface area contributed by atoms with Gasteiger partial charge in [0, 0.05) is 25.7 Å². The van der Waals surface area contributed by atoms with Gasteiger partial charge in [0.05, 0.1) is 11.9 Å². The third-order valence-electron chi connectivity index (χ3n) is 3.82. The Morgan fingerprint density at radius 1 is 1.55 bits per heavy atom. The van der Waals surface area contributed by atoms with Gasteiger partial charge in [-0.2, -0.15) is 5.10 Å². The van der Waals surface area contributed by atoms with Crippen LogP contribution in [0, 0.1) is 0 Å². The van der Waals surface area contributed by atoms with Gasteiger partial charge >= 0.3 is 0 Å². The van der Waals surface area contributed by atoms with Crippen molar-refractivity contribution in [3.05, 3.63) is 21.6 Å². The molecule has 0 amide bonds. The molecular formula is C14H23ClN4O. The summed E-state index contributed by atoms with van der Waals surface area (Å²) in [4.78, 5) is 14.1. The molecule has 0 saturated carbocycles. The Morgan fingerprint density at radius 3 is 2.90 bits per heavy atom. The number of nitrogens with one attached hydrogen (secondary N) is 1. The Labute approximate surface area is 124 Å². The SMILES string of the molecule is CC(C)N(CC1CCCCN1)c1cnn(C)c(=O)c1Cl. The molecule has 0 aromatic carbocycles. The zero-order valence-electron chi connectivity index (χ0n) is 12.4. The minimum Gasteiger partial charge on any atom is -0.365 e. The van der Waals surface area contributed by atoms with Crippen molar-refractivity contribution in [2.24, 2.45) is 7.05 Å². The van der Waals surface area contributed by atoms with Gasteiger partial charge in [-0.15, -0.1) is 0 Å². The molecule has 1 N–H and O–H groups in total. The molecule has 20 heavy (non-hydrogen) atoms. The van der Waals surface area contributed by atoms with E-state index in [2.05, 4.69) is 29.2 Å². The minimum atomic E-state index is -0.244. The van der Waals surface area contributed by atoms with Crippen LogP contribution in [-0.4, -0.2) is 35.0 Å². The molecule has 1 unspecified atom stereocenters. The number of anilines is 1. The van der Waals surface area contributed by atoms with Crippen LogP contribution in [0.15, 0.2) is 11.0 Å². The van der Waals surface area contributed by atoms with Crippen LogP contribution < -0.4 is 15.8 Å². The van der Waals surface area contributed by atoms with E-state index in [1.54, 1.807) is 13.2 Å². The number of hydrogen-bond donors (Lipinski definition) is 1. The Hall–Kier alpha value is -1.07. The minimum absolute atomic E-state index is 0.244. The maximum Gasteiger partial charge on any atom is 0.287 e. The molecule has 5 nitrogen and oxygen atoms in total. The first-order valence-corrected chi connectivity index (χ1v) is 7.60.